The third-order valence-electron chi connectivity index (χ3n) is 3.16. The highest BCUT2D eigenvalue weighted by Crippen LogP contribution is 2.14. The molecule has 0 saturated carbocycles. The average Bonchev–Trinajstić information content (AvgIpc) is 2.85. The Labute approximate surface area is 126 Å². The molecule has 0 amide bonds. The molecule has 1 aromatic carbocycles. The van der Waals surface area contributed by atoms with Crippen molar-refractivity contribution >= 4 is 15.9 Å². The van der Waals surface area contributed by atoms with Crippen LogP contribution in [0.3, 0.4) is 0 Å². The molecule has 5 nitrogen and oxygen atoms in total. The summed E-state index contributed by atoms with van der Waals surface area (Å²) < 4.78 is 6.27. The molecule has 2 aromatic rings. The Bertz CT molecular complexity index is 559. The van der Waals surface area contributed by atoms with Crippen molar-refractivity contribution in [3.05, 3.63) is 46.0 Å². The number of aliphatic hydroxyl groups is 1. The standard InChI is InChI=1S/C14H18BrN3O2/c1-10(9-19)18(2)8-14-16-13(17-20-14)7-11-4-3-5-12(15)6-11/h3-6,10,19H,7-9H2,1-2H3. The summed E-state index contributed by atoms with van der Waals surface area (Å²) in [4.78, 5) is 6.34. The fourth-order valence-corrected chi connectivity index (χ4v) is 2.21. The normalized spacial score (nSPS) is 12.8. The predicted molar refractivity (Wildman–Crippen MR) is 79.3 cm³/mol. The first kappa shape index (κ1) is 15.2. The fraction of sp³-hybridized carbons (Fsp3) is 0.429. The summed E-state index contributed by atoms with van der Waals surface area (Å²) in [5, 5.41) is 13.1. The van der Waals surface area contributed by atoms with Crippen LogP contribution in [0.5, 0.6) is 0 Å². The molecule has 0 aliphatic carbocycles. The molecule has 0 fully saturated rings. The zero-order valence-electron chi connectivity index (χ0n) is 11.6. The number of hydrogen-bond donors (Lipinski definition) is 1. The van der Waals surface area contributed by atoms with Gasteiger partial charge in [0.15, 0.2) is 5.82 Å². The van der Waals surface area contributed by atoms with Gasteiger partial charge in [-0.3, -0.25) is 4.90 Å². The topological polar surface area (TPSA) is 62.4 Å². The van der Waals surface area contributed by atoms with Crippen LogP contribution in [0, 0.1) is 0 Å². The monoisotopic (exact) mass is 339 g/mol. The molecule has 20 heavy (non-hydrogen) atoms. The molecule has 1 heterocycles. The van der Waals surface area contributed by atoms with E-state index in [9.17, 15) is 0 Å². The van der Waals surface area contributed by atoms with Crippen LogP contribution >= 0.6 is 15.9 Å². The van der Waals surface area contributed by atoms with E-state index in [0.717, 1.165) is 10.0 Å². The molecule has 0 radical (unpaired) electrons. The molecular formula is C14H18BrN3O2. The second-order valence-corrected chi connectivity index (χ2v) is 5.77. The van der Waals surface area contributed by atoms with Crippen molar-refractivity contribution in [1.29, 1.82) is 0 Å². The first-order chi connectivity index (χ1) is 9.58. The summed E-state index contributed by atoms with van der Waals surface area (Å²) in [6, 6.07) is 8.10. The number of aromatic nitrogens is 2. The lowest BCUT2D eigenvalue weighted by molar-refractivity contribution is 0.142. The molecule has 2 rings (SSSR count). The third kappa shape index (κ3) is 4.13. The highest BCUT2D eigenvalue weighted by Gasteiger charge is 2.13. The van der Waals surface area contributed by atoms with Crippen molar-refractivity contribution in [1.82, 2.24) is 15.0 Å². The van der Waals surface area contributed by atoms with E-state index in [1.54, 1.807) is 0 Å². The molecule has 1 unspecified atom stereocenters. The molecule has 0 spiro atoms. The second-order valence-electron chi connectivity index (χ2n) is 4.86. The molecule has 1 atom stereocenters. The van der Waals surface area contributed by atoms with Crippen molar-refractivity contribution in [3.63, 3.8) is 0 Å². The van der Waals surface area contributed by atoms with Gasteiger partial charge in [0.05, 0.1) is 13.2 Å². The van der Waals surface area contributed by atoms with E-state index in [1.807, 2.05) is 43.1 Å². The van der Waals surface area contributed by atoms with Gasteiger partial charge in [-0.15, -0.1) is 0 Å². The minimum Gasteiger partial charge on any atom is -0.395 e. The van der Waals surface area contributed by atoms with Gasteiger partial charge in [-0.2, -0.15) is 4.98 Å². The van der Waals surface area contributed by atoms with Gasteiger partial charge < -0.3 is 9.63 Å². The smallest absolute Gasteiger partial charge is 0.240 e. The number of hydrogen-bond acceptors (Lipinski definition) is 5. The van der Waals surface area contributed by atoms with Crippen LogP contribution < -0.4 is 0 Å². The third-order valence-corrected chi connectivity index (χ3v) is 3.66. The maximum absolute atomic E-state index is 9.10. The van der Waals surface area contributed by atoms with Gasteiger partial charge in [0.1, 0.15) is 0 Å². The van der Waals surface area contributed by atoms with Crippen molar-refractivity contribution in [2.45, 2.75) is 25.9 Å². The van der Waals surface area contributed by atoms with Crippen LogP contribution in [0.25, 0.3) is 0 Å². The summed E-state index contributed by atoms with van der Waals surface area (Å²) in [6.45, 7) is 2.58. The zero-order valence-corrected chi connectivity index (χ0v) is 13.2. The SMILES string of the molecule is CC(CO)N(C)Cc1nc(Cc2cccc(Br)c2)no1. The Kier molecular flexibility index (Phi) is 5.28. The second kappa shape index (κ2) is 6.97. The first-order valence-corrected chi connectivity index (χ1v) is 7.24. The van der Waals surface area contributed by atoms with Crippen molar-refractivity contribution < 1.29 is 9.63 Å². The fourth-order valence-electron chi connectivity index (χ4n) is 1.76. The number of rotatable bonds is 6. The van der Waals surface area contributed by atoms with Crippen molar-refractivity contribution in [3.8, 4) is 0 Å². The molecule has 0 aliphatic rings. The highest BCUT2D eigenvalue weighted by atomic mass is 79.9. The lowest BCUT2D eigenvalue weighted by Gasteiger charge is -2.20. The Morgan fingerprint density at radius 3 is 2.95 bits per heavy atom. The summed E-state index contributed by atoms with van der Waals surface area (Å²) >= 11 is 3.44. The van der Waals surface area contributed by atoms with Crippen molar-refractivity contribution in [2.24, 2.45) is 0 Å². The van der Waals surface area contributed by atoms with Crippen LogP contribution in [-0.4, -0.2) is 39.8 Å². The van der Waals surface area contributed by atoms with E-state index >= 15 is 0 Å². The van der Waals surface area contributed by atoms with Crippen LogP contribution in [-0.2, 0) is 13.0 Å². The van der Waals surface area contributed by atoms with E-state index in [2.05, 4.69) is 26.1 Å². The van der Waals surface area contributed by atoms with Crippen molar-refractivity contribution in [2.75, 3.05) is 13.7 Å². The van der Waals surface area contributed by atoms with E-state index in [-0.39, 0.29) is 12.6 Å². The minimum absolute atomic E-state index is 0.0652. The minimum atomic E-state index is 0.0652. The van der Waals surface area contributed by atoms with Crippen LogP contribution in [0.2, 0.25) is 0 Å². The van der Waals surface area contributed by atoms with Gasteiger partial charge in [-0.1, -0.05) is 33.2 Å². The predicted octanol–water partition coefficient (Wildman–Crippen LogP) is 2.24. The molecule has 0 aliphatic heterocycles. The van der Waals surface area contributed by atoms with Crippen LogP contribution in [0.4, 0.5) is 0 Å². The summed E-state index contributed by atoms with van der Waals surface area (Å²) in [6.07, 6.45) is 0.641. The Hall–Kier alpha value is -1.24. The Morgan fingerprint density at radius 1 is 1.45 bits per heavy atom. The van der Waals surface area contributed by atoms with Gasteiger partial charge >= 0.3 is 0 Å². The molecule has 108 valence electrons. The van der Waals surface area contributed by atoms with Gasteiger partial charge in [0.2, 0.25) is 5.89 Å². The van der Waals surface area contributed by atoms with E-state index in [0.29, 0.717) is 24.7 Å². The van der Waals surface area contributed by atoms with Crippen LogP contribution in [0.15, 0.2) is 33.3 Å². The molecular weight excluding hydrogens is 322 g/mol. The molecule has 0 bridgehead atoms. The largest absolute Gasteiger partial charge is 0.395 e. The number of likely N-dealkylation sites (N-methyl/N-ethyl adjacent to an activating group) is 1. The van der Waals surface area contributed by atoms with E-state index < -0.39 is 0 Å². The Morgan fingerprint density at radius 2 is 2.25 bits per heavy atom. The van der Waals surface area contributed by atoms with E-state index in [1.165, 1.54) is 0 Å². The number of nitrogens with zero attached hydrogens (tertiary/aromatic N) is 3. The van der Waals surface area contributed by atoms with Gasteiger partial charge in [-0.05, 0) is 31.7 Å². The molecule has 6 heteroatoms. The van der Waals surface area contributed by atoms with Gasteiger partial charge in [-0.25, -0.2) is 0 Å². The van der Waals surface area contributed by atoms with E-state index in [4.69, 9.17) is 9.63 Å². The molecule has 1 N–H and O–H groups in total. The zero-order chi connectivity index (χ0) is 14.5. The van der Waals surface area contributed by atoms with Gasteiger partial charge in [0.25, 0.3) is 0 Å². The lowest BCUT2D eigenvalue weighted by atomic mass is 10.1. The van der Waals surface area contributed by atoms with Crippen LogP contribution in [0.1, 0.15) is 24.2 Å². The molecule has 1 aromatic heterocycles. The quantitative estimate of drug-likeness (QED) is 0.874. The summed E-state index contributed by atoms with van der Waals surface area (Å²) in [5.74, 6) is 1.24. The number of aliphatic hydroxyl groups excluding tert-OH is 1. The summed E-state index contributed by atoms with van der Waals surface area (Å²) in [7, 11) is 1.92. The summed E-state index contributed by atoms with van der Waals surface area (Å²) in [5.41, 5.74) is 1.13. The number of halogens is 1. The molecule has 0 saturated heterocycles. The number of benzene rings is 1. The van der Waals surface area contributed by atoms with Gasteiger partial charge in [0, 0.05) is 16.9 Å². The lowest BCUT2D eigenvalue weighted by Crippen LogP contribution is -2.31. The average molecular weight is 340 g/mol. The Balaban J connectivity index is 1.99. The maximum Gasteiger partial charge on any atom is 0.240 e. The first-order valence-electron chi connectivity index (χ1n) is 6.45. The highest BCUT2D eigenvalue weighted by molar-refractivity contribution is 9.10. The maximum atomic E-state index is 9.10.